The minimum Gasteiger partial charge on any atom is -0.354 e. The van der Waals surface area contributed by atoms with Gasteiger partial charge in [0.05, 0.1) is 18.2 Å². The van der Waals surface area contributed by atoms with Crippen LogP contribution in [0.4, 0.5) is 15.9 Å². The van der Waals surface area contributed by atoms with Gasteiger partial charge in [-0.05, 0) is 38.1 Å². The zero-order valence-corrected chi connectivity index (χ0v) is 15.9. The molecule has 4 rings (SSSR count). The standard InChI is InChI=1S/C20H22FN5O2/c1-13-11-18(23-14(2)22-13)25-9-7-24(8-10-25)17-12-19(27)26(20(17)28)16-5-3-15(21)4-6-16/h3-6,11,17H,7-10,12H2,1-2H3/t17-/m0/s1. The second-order valence-electron chi connectivity index (χ2n) is 7.20. The van der Waals surface area contributed by atoms with Crippen molar-refractivity contribution in [3.63, 3.8) is 0 Å². The first-order chi connectivity index (χ1) is 13.4. The Kier molecular flexibility index (Phi) is 4.80. The number of benzene rings is 1. The van der Waals surface area contributed by atoms with Crippen molar-refractivity contribution in [2.24, 2.45) is 0 Å². The molecule has 1 aromatic heterocycles. The lowest BCUT2D eigenvalue weighted by atomic mass is 10.1. The van der Waals surface area contributed by atoms with Gasteiger partial charge in [-0.2, -0.15) is 0 Å². The summed E-state index contributed by atoms with van der Waals surface area (Å²) >= 11 is 0. The zero-order valence-electron chi connectivity index (χ0n) is 15.9. The van der Waals surface area contributed by atoms with Gasteiger partial charge in [-0.15, -0.1) is 0 Å². The highest BCUT2D eigenvalue weighted by atomic mass is 19.1. The zero-order chi connectivity index (χ0) is 19.8. The number of carbonyl (C=O) groups is 2. The lowest BCUT2D eigenvalue weighted by Crippen LogP contribution is -2.52. The van der Waals surface area contributed by atoms with Gasteiger partial charge in [-0.1, -0.05) is 0 Å². The highest BCUT2D eigenvalue weighted by molar-refractivity contribution is 6.22. The second-order valence-corrected chi connectivity index (χ2v) is 7.20. The van der Waals surface area contributed by atoms with Crippen LogP contribution in [0.1, 0.15) is 17.9 Å². The van der Waals surface area contributed by atoms with Crippen LogP contribution in [0, 0.1) is 19.7 Å². The van der Waals surface area contributed by atoms with Crippen molar-refractivity contribution < 1.29 is 14.0 Å². The molecule has 1 aromatic carbocycles. The van der Waals surface area contributed by atoms with Crippen molar-refractivity contribution in [2.75, 3.05) is 36.0 Å². The van der Waals surface area contributed by atoms with Gasteiger partial charge < -0.3 is 4.90 Å². The van der Waals surface area contributed by atoms with Crippen molar-refractivity contribution in [1.29, 1.82) is 0 Å². The predicted molar refractivity (Wildman–Crippen MR) is 103 cm³/mol. The molecule has 0 unspecified atom stereocenters. The molecule has 0 aliphatic carbocycles. The molecule has 2 amide bonds. The van der Waals surface area contributed by atoms with Crippen molar-refractivity contribution in [3.8, 4) is 0 Å². The van der Waals surface area contributed by atoms with E-state index in [1.165, 1.54) is 29.2 Å². The van der Waals surface area contributed by atoms with E-state index in [2.05, 4.69) is 19.8 Å². The predicted octanol–water partition coefficient (Wildman–Crippen LogP) is 1.69. The number of piperazine rings is 1. The SMILES string of the molecule is Cc1cc(N2CCN([C@H]3CC(=O)N(c4ccc(F)cc4)C3=O)CC2)nc(C)n1. The van der Waals surface area contributed by atoms with Crippen LogP contribution in [-0.2, 0) is 9.59 Å². The first-order valence-corrected chi connectivity index (χ1v) is 9.36. The highest BCUT2D eigenvalue weighted by Crippen LogP contribution is 2.27. The lowest BCUT2D eigenvalue weighted by molar-refractivity contribution is -0.123. The Balaban J connectivity index is 1.44. The number of imide groups is 1. The van der Waals surface area contributed by atoms with Crippen LogP contribution in [0.3, 0.4) is 0 Å². The van der Waals surface area contributed by atoms with Crippen molar-refractivity contribution in [2.45, 2.75) is 26.3 Å². The molecule has 0 radical (unpaired) electrons. The summed E-state index contributed by atoms with van der Waals surface area (Å²) in [6.45, 7) is 6.61. The topological polar surface area (TPSA) is 69.6 Å². The number of aromatic nitrogens is 2. The summed E-state index contributed by atoms with van der Waals surface area (Å²) in [6.07, 6.45) is 0.155. The Morgan fingerprint density at radius 2 is 1.68 bits per heavy atom. The number of amides is 2. The van der Waals surface area contributed by atoms with Crippen molar-refractivity contribution in [3.05, 3.63) is 47.7 Å². The Morgan fingerprint density at radius 3 is 2.32 bits per heavy atom. The number of rotatable bonds is 3. The number of hydrogen-bond donors (Lipinski definition) is 0. The van der Waals surface area contributed by atoms with Gasteiger partial charge in [0.25, 0.3) is 5.91 Å². The van der Waals surface area contributed by atoms with Crippen LogP contribution in [0.15, 0.2) is 30.3 Å². The summed E-state index contributed by atoms with van der Waals surface area (Å²) in [5, 5.41) is 0. The van der Waals surface area contributed by atoms with Gasteiger partial charge in [-0.25, -0.2) is 19.3 Å². The quantitative estimate of drug-likeness (QED) is 0.752. The molecule has 0 spiro atoms. The third kappa shape index (κ3) is 3.47. The summed E-state index contributed by atoms with van der Waals surface area (Å²) in [5.41, 5.74) is 1.35. The van der Waals surface area contributed by atoms with Crippen LogP contribution in [-0.4, -0.2) is 58.9 Å². The Morgan fingerprint density at radius 1 is 1.00 bits per heavy atom. The Bertz CT molecular complexity index is 889. The van der Waals surface area contributed by atoms with Crippen LogP contribution in [0.25, 0.3) is 0 Å². The average Bonchev–Trinajstić information content (AvgIpc) is 2.96. The maximum atomic E-state index is 13.2. The number of hydrogen-bond acceptors (Lipinski definition) is 6. The van der Waals surface area contributed by atoms with E-state index in [0.29, 0.717) is 18.8 Å². The van der Waals surface area contributed by atoms with Crippen LogP contribution in [0.5, 0.6) is 0 Å². The lowest BCUT2D eigenvalue weighted by Gasteiger charge is -2.37. The van der Waals surface area contributed by atoms with Crippen molar-refractivity contribution >= 4 is 23.3 Å². The van der Waals surface area contributed by atoms with Gasteiger partial charge in [0, 0.05) is 37.9 Å². The second kappa shape index (κ2) is 7.27. The van der Waals surface area contributed by atoms with E-state index < -0.39 is 11.9 Å². The molecule has 146 valence electrons. The molecule has 8 heteroatoms. The fourth-order valence-electron chi connectivity index (χ4n) is 3.88. The molecule has 0 N–H and O–H groups in total. The summed E-state index contributed by atoms with van der Waals surface area (Å²) in [6, 6.07) is 6.94. The summed E-state index contributed by atoms with van der Waals surface area (Å²) in [7, 11) is 0. The third-order valence-corrected chi connectivity index (χ3v) is 5.24. The number of aryl methyl sites for hydroxylation is 2. The smallest absolute Gasteiger partial charge is 0.251 e. The van der Waals surface area contributed by atoms with E-state index in [4.69, 9.17) is 0 Å². The molecule has 2 aliphatic heterocycles. The first-order valence-electron chi connectivity index (χ1n) is 9.36. The Hall–Kier alpha value is -2.87. The van der Waals surface area contributed by atoms with Gasteiger partial charge in [0.1, 0.15) is 17.5 Å². The van der Waals surface area contributed by atoms with E-state index in [1.54, 1.807) is 0 Å². The summed E-state index contributed by atoms with van der Waals surface area (Å²) in [5.74, 6) is 0.755. The molecular weight excluding hydrogens is 361 g/mol. The van der Waals surface area contributed by atoms with Crippen molar-refractivity contribution in [1.82, 2.24) is 14.9 Å². The third-order valence-electron chi connectivity index (χ3n) is 5.24. The van der Waals surface area contributed by atoms with Crippen LogP contribution < -0.4 is 9.80 Å². The number of anilines is 2. The van der Waals surface area contributed by atoms with Crippen LogP contribution in [0.2, 0.25) is 0 Å². The molecular formula is C20H22FN5O2. The molecule has 7 nitrogen and oxygen atoms in total. The fraction of sp³-hybridized carbons (Fsp3) is 0.400. The molecule has 2 aromatic rings. The Labute approximate surface area is 162 Å². The molecule has 0 saturated carbocycles. The average molecular weight is 383 g/mol. The monoisotopic (exact) mass is 383 g/mol. The summed E-state index contributed by atoms with van der Waals surface area (Å²) < 4.78 is 13.2. The number of nitrogens with zero attached hydrogens (tertiary/aromatic N) is 5. The van der Waals surface area contributed by atoms with Gasteiger partial charge in [0.2, 0.25) is 5.91 Å². The number of halogens is 1. The van der Waals surface area contributed by atoms with Gasteiger partial charge in [0.15, 0.2) is 0 Å². The van der Waals surface area contributed by atoms with E-state index in [-0.39, 0.29) is 18.2 Å². The van der Waals surface area contributed by atoms with E-state index in [9.17, 15) is 14.0 Å². The van der Waals surface area contributed by atoms with E-state index in [0.717, 1.165) is 30.4 Å². The van der Waals surface area contributed by atoms with Gasteiger partial charge >= 0.3 is 0 Å². The molecule has 2 fully saturated rings. The normalized spacial score (nSPS) is 20.9. The minimum atomic E-state index is -0.464. The summed E-state index contributed by atoms with van der Waals surface area (Å²) in [4.78, 5) is 39.5. The molecule has 1 atom stereocenters. The molecule has 28 heavy (non-hydrogen) atoms. The molecule has 0 bridgehead atoms. The van der Waals surface area contributed by atoms with Gasteiger partial charge in [-0.3, -0.25) is 14.5 Å². The van der Waals surface area contributed by atoms with Crippen LogP contribution >= 0.6 is 0 Å². The molecule has 3 heterocycles. The molecule has 2 saturated heterocycles. The first kappa shape index (κ1) is 18.5. The van der Waals surface area contributed by atoms with E-state index in [1.807, 2.05) is 19.9 Å². The highest BCUT2D eigenvalue weighted by Gasteiger charge is 2.43. The fourth-order valence-corrected chi connectivity index (χ4v) is 3.88. The maximum absolute atomic E-state index is 13.2. The van der Waals surface area contributed by atoms with E-state index >= 15 is 0 Å². The molecule has 2 aliphatic rings. The minimum absolute atomic E-state index is 0.155. The maximum Gasteiger partial charge on any atom is 0.251 e. The largest absolute Gasteiger partial charge is 0.354 e. The number of carbonyl (C=O) groups excluding carboxylic acids is 2.